The molecule has 1 saturated carbocycles. The highest BCUT2D eigenvalue weighted by molar-refractivity contribution is 9.10. The second-order valence-corrected chi connectivity index (χ2v) is 6.40. The van der Waals surface area contributed by atoms with Crippen LogP contribution < -0.4 is 16.0 Å². The molecule has 2 fully saturated rings. The molecule has 1 unspecified atom stereocenters. The quantitative estimate of drug-likeness (QED) is 0.858. The molecule has 1 atom stereocenters. The summed E-state index contributed by atoms with van der Waals surface area (Å²) in [7, 11) is 0. The minimum Gasteiger partial charge on any atom is -0.377 e. The lowest BCUT2D eigenvalue weighted by atomic mass is 10.1. The Morgan fingerprint density at radius 3 is 2.95 bits per heavy atom. The van der Waals surface area contributed by atoms with Crippen molar-refractivity contribution < 1.29 is 9.53 Å². The zero-order valence-electron chi connectivity index (χ0n) is 11.8. The van der Waals surface area contributed by atoms with Gasteiger partial charge in [-0.2, -0.15) is 0 Å². The van der Waals surface area contributed by atoms with E-state index in [0.29, 0.717) is 25.8 Å². The van der Waals surface area contributed by atoms with Crippen LogP contribution in [-0.2, 0) is 16.1 Å². The van der Waals surface area contributed by atoms with E-state index in [0.717, 1.165) is 35.1 Å². The Morgan fingerprint density at radius 2 is 2.29 bits per heavy atom. The predicted octanol–water partition coefficient (Wildman–Crippen LogP) is 1.39. The van der Waals surface area contributed by atoms with Crippen LogP contribution in [0.3, 0.4) is 0 Å². The van der Waals surface area contributed by atoms with E-state index in [-0.39, 0.29) is 11.9 Å². The first-order chi connectivity index (χ1) is 10.2. The first-order valence-electron chi connectivity index (χ1n) is 7.32. The maximum atomic E-state index is 12.4. The summed E-state index contributed by atoms with van der Waals surface area (Å²) in [6, 6.07) is 6.17. The lowest BCUT2D eigenvalue weighted by Crippen LogP contribution is -2.54. The van der Waals surface area contributed by atoms with Crippen LogP contribution in [0.25, 0.3) is 0 Å². The smallest absolute Gasteiger partial charge is 0.245 e. The Labute approximate surface area is 132 Å². The summed E-state index contributed by atoms with van der Waals surface area (Å²) in [5, 5.41) is 3.07. The fraction of sp³-hybridized carbons (Fsp3) is 0.533. The molecule has 1 amide bonds. The Balaban J connectivity index is 1.79. The SMILES string of the molecule is NCc1ccc(N2CCOCC2C(=O)NC2CC2)cc1Br. The second kappa shape index (κ2) is 6.34. The Hall–Kier alpha value is -1.11. The molecule has 0 radical (unpaired) electrons. The summed E-state index contributed by atoms with van der Waals surface area (Å²) in [4.78, 5) is 14.5. The van der Waals surface area contributed by atoms with Crippen molar-refractivity contribution in [2.45, 2.75) is 31.5 Å². The van der Waals surface area contributed by atoms with Crippen molar-refractivity contribution in [3.05, 3.63) is 28.2 Å². The zero-order chi connectivity index (χ0) is 14.8. The second-order valence-electron chi connectivity index (χ2n) is 5.55. The summed E-state index contributed by atoms with van der Waals surface area (Å²) in [6.45, 7) is 2.30. The molecule has 21 heavy (non-hydrogen) atoms. The van der Waals surface area contributed by atoms with E-state index in [9.17, 15) is 4.79 Å². The minimum absolute atomic E-state index is 0.0659. The van der Waals surface area contributed by atoms with Gasteiger partial charge in [0.15, 0.2) is 0 Å². The third-order valence-corrected chi connectivity index (χ3v) is 4.68. The molecule has 5 nitrogen and oxygen atoms in total. The van der Waals surface area contributed by atoms with E-state index in [1.807, 2.05) is 18.2 Å². The molecule has 114 valence electrons. The molecule has 1 aliphatic carbocycles. The van der Waals surface area contributed by atoms with E-state index in [1.54, 1.807) is 0 Å². The molecule has 0 bridgehead atoms. The zero-order valence-corrected chi connectivity index (χ0v) is 13.4. The van der Waals surface area contributed by atoms with Gasteiger partial charge in [0.05, 0.1) is 13.2 Å². The molecule has 1 aliphatic heterocycles. The predicted molar refractivity (Wildman–Crippen MR) is 85.2 cm³/mol. The van der Waals surface area contributed by atoms with Crippen LogP contribution in [-0.4, -0.2) is 37.7 Å². The van der Waals surface area contributed by atoms with Crippen molar-refractivity contribution in [2.24, 2.45) is 5.73 Å². The molecule has 0 aromatic heterocycles. The minimum atomic E-state index is -0.255. The Bertz CT molecular complexity index is 534. The molecule has 1 aromatic rings. The van der Waals surface area contributed by atoms with Gasteiger partial charge in [-0.25, -0.2) is 0 Å². The van der Waals surface area contributed by atoms with Gasteiger partial charge in [0.25, 0.3) is 0 Å². The first kappa shape index (κ1) is 14.8. The van der Waals surface area contributed by atoms with Crippen molar-refractivity contribution in [2.75, 3.05) is 24.7 Å². The lowest BCUT2D eigenvalue weighted by molar-refractivity contribution is -0.124. The summed E-state index contributed by atoms with van der Waals surface area (Å²) < 4.78 is 6.48. The molecule has 6 heteroatoms. The van der Waals surface area contributed by atoms with Gasteiger partial charge in [0.1, 0.15) is 6.04 Å². The van der Waals surface area contributed by atoms with Gasteiger partial charge in [-0.1, -0.05) is 22.0 Å². The molecule has 0 spiro atoms. The van der Waals surface area contributed by atoms with Gasteiger partial charge in [0, 0.05) is 29.3 Å². The number of anilines is 1. The van der Waals surface area contributed by atoms with Crippen LogP contribution in [0.15, 0.2) is 22.7 Å². The summed E-state index contributed by atoms with van der Waals surface area (Å²) in [5.41, 5.74) is 7.78. The summed E-state index contributed by atoms with van der Waals surface area (Å²) in [6.07, 6.45) is 2.19. The van der Waals surface area contributed by atoms with Crippen molar-refractivity contribution in [1.29, 1.82) is 0 Å². The monoisotopic (exact) mass is 353 g/mol. The lowest BCUT2D eigenvalue weighted by Gasteiger charge is -2.36. The van der Waals surface area contributed by atoms with Crippen molar-refractivity contribution in [3.8, 4) is 0 Å². The molecule has 3 rings (SSSR count). The van der Waals surface area contributed by atoms with Gasteiger partial charge >= 0.3 is 0 Å². The van der Waals surface area contributed by atoms with Crippen LogP contribution in [0.2, 0.25) is 0 Å². The topological polar surface area (TPSA) is 67.6 Å². The number of carbonyl (C=O) groups is 1. The van der Waals surface area contributed by atoms with E-state index in [2.05, 4.69) is 26.1 Å². The van der Waals surface area contributed by atoms with Gasteiger partial charge < -0.3 is 20.7 Å². The maximum absolute atomic E-state index is 12.4. The number of ether oxygens (including phenoxy) is 1. The average molecular weight is 354 g/mol. The highest BCUT2D eigenvalue weighted by Gasteiger charge is 2.33. The van der Waals surface area contributed by atoms with Gasteiger partial charge in [0.2, 0.25) is 5.91 Å². The van der Waals surface area contributed by atoms with Crippen molar-refractivity contribution in [1.82, 2.24) is 5.32 Å². The number of halogens is 1. The van der Waals surface area contributed by atoms with Crippen LogP contribution in [0.5, 0.6) is 0 Å². The third-order valence-electron chi connectivity index (χ3n) is 3.94. The molecule has 3 N–H and O–H groups in total. The average Bonchev–Trinajstić information content (AvgIpc) is 3.31. The van der Waals surface area contributed by atoms with Crippen LogP contribution >= 0.6 is 15.9 Å². The number of morpholine rings is 1. The number of nitrogens with one attached hydrogen (secondary N) is 1. The van der Waals surface area contributed by atoms with E-state index < -0.39 is 0 Å². The molecule has 1 saturated heterocycles. The maximum Gasteiger partial charge on any atom is 0.245 e. The van der Waals surface area contributed by atoms with Crippen molar-refractivity contribution >= 4 is 27.5 Å². The molecule has 2 aliphatic rings. The fourth-order valence-electron chi connectivity index (χ4n) is 2.54. The Kier molecular flexibility index (Phi) is 4.47. The summed E-state index contributed by atoms with van der Waals surface area (Å²) >= 11 is 3.54. The van der Waals surface area contributed by atoms with Gasteiger partial charge in [-0.3, -0.25) is 4.79 Å². The molecular formula is C15H20BrN3O2. The fourth-order valence-corrected chi connectivity index (χ4v) is 3.06. The molecular weight excluding hydrogens is 334 g/mol. The Morgan fingerprint density at radius 1 is 1.48 bits per heavy atom. The van der Waals surface area contributed by atoms with E-state index in [4.69, 9.17) is 10.5 Å². The number of hydrogen-bond acceptors (Lipinski definition) is 4. The standard InChI is InChI=1S/C15H20BrN3O2/c16-13-7-12(4-1-10(13)8-17)19-5-6-21-9-14(19)15(20)18-11-2-3-11/h1,4,7,11,14H,2-3,5-6,8-9,17H2,(H,18,20). The normalized spacial score (nSPS) is 22.2. The van der Waals surface area contributed by atoms with Gasteiger partial charge in [-0.15, -0.1) is 0 Å². The number of nitrogens with zero attached hydrogens (tertiary/aromatic N) is 1. The number of benzene rings is 1. The first-order valence-corrected chi connectivity index (χ1v) is 8.11. The molecule has 1 heterocycles. The largest absolute Gasteiger partial charge is 0.377 e. The number of rotatable bonds is 4. The number of amides is 1. The summed E-state index contributed by atoms with van der Waals surface area (Å²) in [5.74, 6) is 0.0659. The van der Waals surface area contributed by atoms with Gasteiger partial charge in [-0.05, 0) is 30.5 Å². The highest BCUT2D eigenvalue weighted by Crippen LogP contribution is 2.27. The van der Waals surface area contributed by atoms with Crippen LogP contribution in [0.1, 0.15) is 18.4 Å². The highest BCUT2D eigenvalue weighted by atomic mass is 79.9. The number of hydrogen-bond donors (Lipinski definition) is 2. The van der Waals surface area contributed by atoms with Crippen LogP contribution in [0.4, 0.5) is 5.69 Å². The third kappa shape index (κ3) is 3.39. The van der Waals surface area contributed by atoms with E-state index in [1.165, 1.54) is 0 Å². The van der Waals surface area contributed by atoms with E-state index >= 15 is 0 Å². The molecule has 1 aromatic carbocycles. The van der Waals surface area contributed by atoms with Crippen LogP contribution in [0, 0.1) is 0 Å². The number of nitrogens with two attached hydrogens (primary N) is 1. The number of carbonyl (C=O) groups excluding carboxylic acids is 1. The van der Waals surface area contributed by atoms with Crippen molar-refractivity contribution in [3.63, 3.8) is 0 Å².